The molecule has 2 saturated heterocycles. The minimum Gasteiger partial charge on any atom is -0.504 e. The van der Waals surface area contributed by atoms with Gasteiger partial charge >= 0.3 is 0 Å². The minimum absolute atomic E-state index is 0.184. The topological polar surface area (TPSA) is 72.8 Å². The van der Waals surface area contributed by atoms with E-state index in [1.807, 2.05) is 0 Å². The lowest BCUT2D eigenvalue weighted by atomic mass is 9.97. The van der Waals surface area contributed by atoms with Crippen LogP contribution in [0.5, 0.6) is 11.5 Å². The van der Waals surface area contributed by atoms with Gasteiger partial charge in [-0.05, 0) is 50.4 Å². The van der Waals surface area contributed by atoms with E-state index in [0.29, 0.717) is 11.6 Å². The van der Waals surface area contributed by atoms with Crippen LogP contribution < -0.4 is 5.32 Å². The summed E-state index contributed by atoms with van der Waals surface area (Å²) >= 11 is 0. The number of aromatic hydroxyl groups is 2. The third-order valence-electron chi connectivity index (χ3n) is 4.39. The molecule has 2 atom stereocenters. The van der Waals surface area contributed by atoms with Gasteiger partial charge in [-0.15, -0.1) is 0 Å². The SMILES string of the molecule is O=C(NC1CCN2CCCC2C1)c1ccc(O)c(O)c1. The van der Waals surface area contributed by atoms with Crippen molar-refractivity contribution in [3.8, 4) is 11.5 Å². The molecule has 108 valence electrons. The van der Waals surface area contributed by atoms with Crippen molar-refractivity contribution in [2.45, 2.75) is 37.8 Å². The first-order chi connectivity index (χ1) is 9.63. The second-order valence-corrected chi connectivity index (χ2v) is 5.73. The monoisotopic (exact) mass is 276 g/mol. The number of benzene rings is 1. The Morgan fingerprint density at radius 1 is 1.20 bits per heavy atom. The fraction of sp³-hybridized carbons (Fsp3) is 0.533. The van der Waals surface area contributed by atoms with E-state index in [4.69, 9.17) is 0 Å². The molecule has 1 aromatic rings. The van der Waals surface area contributed by atoms with Gasteiger partial charge < -0.3 is 20.4 Å². The summed E-state index contributed by atoms with van der Waals surface area (Å²) in [5.74, 6) is -0.652. The third kappa shape index (κ3) is 2.58. The summed E-state index contributed by atoms with van der Waals surface area (Å²) in [6.07, 6.45) is 4.48. The number of amides is 1. The maximum Gasteiger partial charge on any atom is 0.251 e. The molecular weight excluding hydrogens is 256 g/mol. The number of nitrogens with zero attached hydrogens (tertiary/aromatic N) is 1. The maximum absolute atomic E-state index is 12.2. The molecule has 2 aliphatic rings. The lowest BCUT2D eigenvalue weighted by Crippen LogP contribution is -2.47. The molecule has 1 amide bonds. The van der Waals surface area contributed by atoms with Gasteiger partial charge in [-0.25, -0.2) is 0 Å². The first-order valence-electron chi connectivity index (χ1n) is 7.20. The molecule has 20 heavy (non-hydrogen) atoms. The van der Waals surface area contributed by atoms with Gasteiger partial charge in [0.1, 0.15) is 0 Å². The van der Waals surface area contributed by atoms with Crippen LogP contribution in [0.3, 0.4) is 0 Å². The van der Waals surface area contributed by atoms with Crippen molar-refractivity contribution in [3.63, 3.8) is 0 Å². The molecule has 0 aliphatic carbocycles. The Balaban J connectivity index is 1.62. The van der Waals surface area contributed by atoms with Crippen LogP contribution in [0, 0.1) is 0 Å². The Morgan fingerprint density at radius 3 is 2.85 bits per heavy atom. The van der Waals surface area contributed by atoms with Crippen molar-refractivity contribution < 1.29 is 15.0 Å². The quantitative estimate of drug-likeness (QED) is 0.715. The summed E-state index contributed by atoms with van der Waals surface area (Å²) in [6, 6.07) is 4.98. The minimum atomic E-state index is -0.261. The van der Waals surface area contributed by atoms with Crippen LogP contribution in [0.2, 0.25) is 0 Å². The second kappa shape index (κ2) is 5.32. The van der Waals surface area contributed by atoms with E-state index in [2.05, 4.69) is 10.2 Å². The standard InChI is InChI=1S/C15H20N2O3/c18-13-4-3-10(8-14(13)19)15(20)16-11-5-7-17-6-1-2-12(17)9-11/h3-4,8,11-12,18-19H,1-2,5-7,9H2,(H,16,20). The Kier molecular flexibility index (Phi) is 3.53. The summed E-state index contributed by atoms with van der Waals surface area (Å²) < 4.78 is 0. The van der Waals surface area contributed by atoms with Crippen molar-refractivity contribution in [1.29, 1.82) is 0 Å². The van der Waals surface area contributed by atoms with E-state index >= 15 is 0 Å². The predicted octanol–water partition coefficient (Wildman–Crippen LogP) is 1.45. The molecule has 0 bridgehead atoms. The maximum atomic E-state index is 12.2. The number of phenolic OH excluding ortho intramolecular Hbond substituents is 2. The van der Waals surface area contributed by atoms with Crippen molar-refractivity contribution >= 4 is 5.91 Å². The molecule has 0 saturated carbocycles. The highest BCUT2D eigenvalue weighted by molar-refractivity contribution is 5.95. The van der Waals surface area contributed by atoms with Gasteiger partial charge in [-0.1, -0.05) is 0 Å². The molecule has 0 radical (unpaired) electrons. The van der Waals surface area contributed by atoms with Crippen LogP contribution in [-0.2, 0) is 0 Å². The van der Waals surface area contributed by atoms with Crippen LogP contribution >= 0.6 is 0 Å². The number of phenols is 2. The summed E-state index contributed by atoms with van der Waals surface area (Å²) in [5.41, 5.74) is 0.383. The molecule has 3 N–H and O–H groups in total. The van der Waals surface area contributed by atoms with Gasteiger partial charge in [0.25, 0.3) is 5.91 Å². The van der Waals surface area contributed by atoms with E-state index in [1.165, 1.54) is 37.6 Å². The molecule has 2 fully saturated rings. The van der Waals surface area contributed by atoms with Gasteiger partial charge in [0.05, 0.1) is 0 Å². The molecule has 0 aromatic heterocycles. The van der Waals surface area contributed by atoms with Crippen LogP contribution in [-0.4, -0.2) is 46.2 Å². The van der Waals surface area contributed by atoms with E-state index < -0.39 is 0 Å². The lowest BCUT2D eigenvalue weighted by molar-refractivity contribution is 0.0896. The fourth-order valence-electron chi connectivity index (χ4n) is 3.29. The first-order valence-corrected chi connectivity index (χ1v) is 7.20. The van der Waals surface area contributed by atoms with Crippen molar-refractivity contribution in [1.82, 2.24) is 10.2 Å². The Bertz CT molecular complexity index is 518. The number of nitrogens with one attached hydrogen (secondary N) is 1. The van der Waals surface area contributed by atoms with Crippen molar-refractivity contribution in [3.05, 3.63) is 23.8 Å². The first kappa shape index (κ1) is 13.2. The molecule has 0 spiro atoms. The molecule has 3 rings (SSSR count). The molecule has 5 heteroatoms. The molecule has 1 aromatic carbocycles. The molecular formula is C15H20N2O3. The number of piperidine rings is 1. The third-order valence-corrected chi connectivity index (χ3v) is 4.39. The van der Waals surface area contributed by atoms with E-state index in [9.17, 15) is 15.0 Å². The highest BCUT2D eigenvalue weighted by Gasteiger charge is 2.32. The summed E-state index contributed by atoms with van der Waals surface area (Å²) in [4.78, 5) is 14.7. The number of carbonyl (C=O) groups excluding carboxylic acids is 1. The van der Waals surface area contributed by atoms with Crippen molar-refractivity contribution in [2.75, 3.05) is 13.1 Å². The highest BCUT2D eigenvalue weighted by atomic mass is 16.3. The number of carbonyl (C=O) groups is 1. The number of rotatable bonds is 2. The molecule has 2 unspecified atom stereocenters. The van der Waals surface area contributed by atoms with Crippen LogP contribution in [0.1, 0.15) is 36.0 Å². The lowest BCUT2D eigenvalue weighted by Gasteiger charge is -2.35. The Morgan fingerprint density at radius 2 is 2.05 bits per heavy atom. The average molecular weight is 276 g/mol. The van der Waals surface area contributed by atoms with Gasteiger partial charge in [0, 0.05) is 24.2 Å². The number of hydrogen-bond acceptors (Lipinski definition) is 4. The zero-order valence-corrected chi connectivity index (χ0v) is 11.4. The summed E-state index contributed by atoms with van der Waals surface area (Å²) in [6.45, 7) is 2.24. The van der Waals surface area contributed by atoms with Gasteiger partial charge in [0.15, 0.2) is 11.5 Å². The second-order valence-electron chi connectivity index (χ2n) is 5.73. The zero-order valence-electron chi connectivity index (χ0n) is 11.4. The van der Waals surface area contributed by atoms with E-state index in [-0.39, 0.29) is 23.4 Å². The highest BCUT2D eigenvalue weighted by Crippen LogP contribution is 2.28. The van der Waals surface area contributed by atoms with Crippen LogP contribution in [0.4, 0.5) is 0 Å². The predicted molar refractivity (Wildman–Crippen MR) is 74.9 cm³/mol. The van der Waals surface area contributed by atoms with Gasteiger partial charge in [-0.2, -0.15) is 0 Å². The Labute approximate surface area is 118 Å². The fourth-order valence-corrected chi connectivity index (χ4v) is 3.29. The number of hydrogen-bond donors (Lipinski definition) is 3. The van der Waals surface area contributed by atoms with Gasteiger partial charge in [-0.3, -0.25) is 4.79 Å². The van der Waals surface area contributed by atoms with E-state index in [1.54, 1.807) is 0 Å². The van der Waals surface area contributed by atoms with Crippen LogP contribution in [0.15, 0.2) is 18.2 Å². The molecule has 2 heterocycles. The summed E-state index contributed by atoms with van der Waals surface area (Å²) in [5, 5.41) is 21.7. The number of fused-ring (bicyclic) bond motifs is 1. The largest absolute Gasteiger partial charge is 0.504 e. The molecule has 5 nitrogen and oxygen atoms in total. The average Bonchev–Trinajstić information content (AvgIpc) is 2.89. The normalized spacial score (nSPS) is 26.2. The van der Waals surface area contributed by atoms with Crippen molar-refractivity contribution in [2.24, 2.45) is 0 Å². The molecule has 2 aliphatic heterocycles. The zero-order chi connectivity index (χ0) is 14.1. The smallest absolute Gasteiger partial charge is 0.251 e. The summed E-state index contributed by atoms with van der Waals surface area (Å²) in [7, 11) is 0. The Hall–Kier alpha value is -1.75. The van der Waals surface area contributed by atoms with Gasteiger partial charge in [0.2, 0.25) is 0 Å². The van der Waals surface area contributed by atoms with E-state index in [0.717, 1.165) is 19.4 Å². The van der Waals surface area contributed by atoms with Crippen LogP contribution in [0.25, 0.3) is 0 Å².